The Morgan fingerprint density at radius 1 is 0.978 bits per heavy atom. The number of ether oxygens (including phenoxy) is 4. The lowest BCUT2D eigenvalue weighted by atomic mass is 10.0. The molecule has 1 fully saturated rings. The van der Waals surface area contributed by atoms with Gasteiger partial charge >= 0.3 is 12.2 Å². The first-order chi connectivity index (χ1) is 21.9. The molecular formula is C36H52N2O7. The van der Waals surface area contributed by atoms with E-state index in [0.29, 0.717) is 38.5 Å². The van der Waals surface area contributed by atoms with Gasteiger partial charge in [0.15, 0.2) is 0 Å². The highest BCUT2D eigenvalue weighted by Gasteiger charge is 2.35. The van der Waals surface area contributed by atoms with Crippen LogP contribution in [0.15, 0.2) is 54.6 Å². The van der Waals surface area contributed by atoms with Crippen LogP contribution in [-0.4, -0.2) is 72.8 Å². The Morgan fingerprint density at radius 2 is 1.69 bits per heavy atom. The minimum Gasteiger partial charge on any atom is -0.493 e. The van der Waals surface area contributed by atoms with Crippen LogP contribution in [0, 0.1) is 5.92 Å². The van der Waals surface area contributed by atoms with Crippen LogP contribution in [0.1, 0.15) is 82.8 Å². The highest BCUT2D eigenvalue weighted by atomic mass is 16.6. The number of carbonyl (C=O) groups excluding carboxylic acids is 2. The first kappa shape index (κ1) is 34.6. The van der Waals surface area contributed by atoms with Gasteiger partial charge in [-0.1, -0.05) is 87.6 Å². The van der Waals surface area contributed by atoms with Crippen LogP contribution in [0.3, 0.4) is 0 Å². The van der Waals surface area contributed by atoms with E-state index < -0.39 is 24.3 Å². The number of nitrogens with one attached hydrogen (secondary N) is 1. The number of para-hydroxylation sites is 1. The van der Waals surface area contributed by atoms with Crippen molar-refractivity contribution in [2.24, 2.45) is 5.92 Å². The zero-order valence-corrected chi connectivity index (χ0v) is 27.0. The number of amides is 2. The first-order valence-corrected chi connectivity index (χ1v) is 16.9. The first-order valence-electron chi connectivity index (χ1n) is 16.9. The van der Waals surface area contributed by atoms with Gasteiger partial charge in [0.2, 0.25) is 0 Å². The van der Waals surface area contributed by atoms with Gasteiger partial charge in [-0.3, -0.25) is 0 Å². The van der Waals surface area contributed by atoms with Crippen LogP contribution < -0.4 is 10.1 Å². The van der Waals surface area contributed by atoms with Gasteiger partial charge in [0.05, 0.1) is 31.4 Å². The van der Waals surface area contributed by atoms with Gasteiger partial charge in [0, 0.05) is 25.1 Å². The molecule has 1 aliphatic heterocycles. The summed E-state index contributed by atoms with van der Waals surface area (Å²) < 4.78 is 23.4. The number of nitrogens with zero attached hydrogens (tertiary/aromatic N) is 1. The summed E-state index contributed by atoms with van der Waals surface area (Å²) in [4.78, 5) is 28.1. The number of hydrogen-bond donors (Lipinski definition) is 2. The standard InChI is InChI=1S/C36H52N2O7/c1-3-42-34-24-30(22-27(34)2)45-35(40)37-31(23-28-16-10-9-11-17-28)32(39)25-38-20-14-7-5-4-6-8-15-21-43-33-19-13-12-18-29(33)26-44-36(38)41/h9-13,16-19,27,30-32,34,39H,3-8,14-15,20-26H2,1-2H3,(H,37,40)/t27?,30-,31+,32-,34-/m1/s1. The molecule has 5 atom stereocenters. The second-order valence-corrected chi connectivity index (χ2v) is 12.4. The third-order valence-corrected chi connectivity index (χ3v) is 8.80. The van der Waals surface area contributed by atoms with Gasteiger partial charge in [-0.2, -0.15) is 0 Å². The molecule has 1 aliphatic carbocycles. The summed E-state index contributed by atoms with van der Waals surface area (Å²) in [6.07, 6.45) is 6.77. The normalized spacial score (nSPS) is 23.2. The molecule has 0 bridgehead atoms. The molecular weight excluding hydrogens is 572 g/mol. The molecule has 2 aliphatic rings. The summed E-state index contributed by atoms with van der Waals surface area (Å²) in [5, 5.41) is 14.5. The van der Waals surface area contributed by atoms with Crippen molar-refractivity contribution >= 4 is 12.2 Å². The molecule has 0 saturated heterocycles. The van der Waals surface area contributed by atoms with Crippen molar-refractivity contribution in [3.63, 3.8) is 0 Å². The SMILES string of the molecule is CCO[C@@H]1C[C@H](OC(=O)N[C@@H](Cc2ccccc2)[C@H](O)CN2CCCCCCCCCOc3ccccc3COC2=O)CC1C. The summed E-state index contributed by atoms with van der Waals surface area (Å²) in [5.74, 6) is 1.02. The van der Waals surface area contributed by atoms with Crippen molar-refractivity contribution in [3.8, 4) is 5.75 Å². The predicted octanol–water partition coefficient (Wildman–Crippen LogP) is 6.65. The Bertz CT molecular complexity index is 1160. The number of aliphatic hydroxyl groups is 1. The predicted molar refractivity (Wildman–Crippen MR) is 173 cm³/mol. The summed E-state index contributed by atoms with van der Waals surface area (Å²) in [6, 6.07) is 16.6. The number of carbonyl (C=O) groups is 2. The molecule has 2 aromatic rings. The van der Waals surface area contributed by atoms with Crippen LogP contribution in [0.2, 0.25) is 0 Å². The third kappa shape index (κ3) is 11.5. The Labute approximate surface area is 268 Å². The quantitative estimate of drug-likeness (QED) is 0.322. The summed E-state index contributed by atoms with van der Waals surface area (Å²) >= 11 is 0. The molecule has 1 heterocycles. The highest BCUT2D eigenvalue weighted by Crippen LogP contribution is 2.30. The van der Waals surface area contributed by atoms with Crippen molar-refractivity contribution < 1.29 is 33.6 Å². The lowest BCUT2D eigenvalue weighted by Gasteiger charge is -2.30. The molecule has 2 amide bonds. The van der Waals surface area contributed by atoms with E-state index in [1.54, 1.807) is 4.90 Å². The molecule has 0 aromatic heterocycles. The maximum absolute atomic E-state index is 13.4. The lowest BCUT2D eigenvalue weighted by Crippen LogP contribution is -2.51. The molecule has 1 unspecified atom stereocenters. The van der Waals surface area contributed by atoms with Crippen LogP contribution in [-0.2, 0) is 27.2 Å². The van der Waals surface area contributed by atoms with E-state index in [4.69, 9.17) is 18.9 Å². The van der Waals surface area contributed by atoms with Crippen LogP contribution in [0.25, 0.3) is 0 Å². The van der Waals surface area contributed by atoms with E-state index in [0.717, 1.165) is 68.2 Å². The van der Waals surface area contributed by atoms with Crippen molar-refractivity contribution in [3.05, 3.63) is 65.7 Å². The summed E-state index contributed by atoms with van der Waals surface area (Å²) in [7, 11) is 0. The number of fused-ring (bicyclic) bond motifs is 1. The fraction of sp³-hybridized carbons (Fsp3) is 0.611. The minimum atomic E-state index is -1.05. The number of cyclic esters (lactones) is 1. The van der Waals surface area contributed by atoms with Gasteiger partial charge in [-0.05, 0) is 50.2 Å². The molecule has 248 valence electrons. The fourth-order valence-electron chi connectivity index (χ4n) is 6.26. The number of rotatable bonds is 9. The highest BCUT2D eigenvalue weighted by molar-refractivity contribution is 5.69. The third-order valence-electron chi connectivity index (χ3n) is 8.80. The fourth-order valence-corrected chi connectivity index (χ4v) is 6.26. The monoisotopic (exact) mass is 624 g/mol. The van der Waals surface area contributed by atoms with Crippen molar-refractivity contribution in [1.82, 2.24) is 10.2 Å². The number of benzene rings is 2. The van der Waals surface area contributed by atoms with Crippen LogP contribution >= 0.6 is 0 Å². The molecule has 9 nitrogen and oxygen atoms in total. The van der Waals surface area contributed by atoms with E-state index in [2.05, 4.69) is 12.2 Å². The van der Waals surface area contributed by atoms with Crippen molar-refractivity contribution in [2.75, 3.05) is 26.3 Å². The van der Waals surface area contributed by atoms with E-state index in [1.165, 1.54) is 0 Å². The Morgan fingerprint density at radius 3 is 2.47 bits per heavy atom. The zero-order chi connectivity index (χ0) is 31.9. The molecule has 45 heavy (non-hydrogen) atoms. The van der Waals surface area contributed by atoms with Gasteiger partial charge < -0.3 is 34.3 Å². The zero-order valence-electron chi connectivity index (χ0n) is 27.0. The number of hydrogen-bond acceptors (Lipinski definition) is 7. The molecule has 0 radical (unpaired) electrons. The Balaban J connectivity index is 1.43. The second-order valence-electron chi connectivity index (χ2n) is 12.4. The van der Waals surface area contributed by atoms with E-state index in [9.17, 15) is 14.7 Å². The largest absolute Gasteiger partial charge is 0.493 e. The molecule has 0 spiro atoms. The van der Waals surface area contributed by atoms with Crippen LogP contribution in [0.4, 0.5) is 9.59 Å². The average Bonchev–Trinajstić information content (AvgIpc) is 3.38. The number of β-amino-alcohol motifs (C(OH)–C–C–N with tert-alkyl or cyclic N) is 1. The average molecular weight is 625 g/mol. The molecule has 2 N–H and O–H groups in total. The number of aliphatic hydroxyl groups excluding tert-OH is 1. The minimum absolute atomic E-state index is 0.0155. The van der Waals surface area contributed by atoms with Crippen molar-refractivity contribution in [1.29, 1.82) is 0 Å². The van der Waals surface area contributed by atoms with Crippen molar-refractivity contribution in [2.45, 2.75) is 109 Å². The van der Waals surface area contributed by atoms with Gasteiger partial charge in [-0.25, -0.2) is 9.59 Å². The Hall–Kier alpha value is -3.30. The topological polar surface area (TPSA) is 107 Å². The van der Waals surface area contributed by atoms with Gasteiger partial charge in [0.1, 0.15) is 18.5 Å². The molecule has 2 aromatic carbocycles. The maximum Gasteiger partial charge on any atom is 0.410 e. The Kier molecular flexibility index (Phi) is 14.3. The smallest absolute Gasteiger partial charge is 0.410 e. The molecule has 4 rings (SSSR count). The number of alkyl carbamates (subject to hydrolysis) is 1. The van der Waals surface area contributed by atoms with Gasteiger partial charge in [0.25, 0.3) is 0 Å². The molecule has 1 saturated carbocycles. The molecule has 9 heteroatoms. The lowest BCUT2D eigenvalue weighted by molar-refractivity contribution is 0.0304. The van der Waals surface area contributed by atoms with Gasteiger partial charge in [-0.15, -0.1) is 0 Å². The van der Waals surface area contributed by atoms with E-state index in [1.807, 2.05) is 61.5 Å². The second kappa shape index (κ2) is 18.6. The summed E-state index contributed by atoms with van der Waals surface area (Å²) in [5.41, 5.74) is 1.76. The summed E-state index contributed by atoms with van der Waals surface area (Å²) in [6.45, 7) is 5.87. The van der Waals surface area contributed by atoms with Crippen LogP contribution in [0.5, 0.6) is 5.75 Å². The van der Waals surface area contributed by atoms with E-state index >= 15 is 0 Å². The van der Waals surface area contributed by atoms with E-state index in [-0.39, 0.29) is 25.4 Å². The maximum atomic E-state index is 13.4.